The molecule has 0 saturated heterocycles. The van der Waals surface area contributed by atoms with E-state index >= 15 is 0 Å². The minimum atomic E-state index is 0.589. The van der Waals surface area contributed by atoms with Crippen molar-refractivity contribution >= 4 is 5.57 Å². The van der Waals surface area contributed by atoms with E-state index in [4.69, 9.17) is 9.47 Å². The molecule has 0 unspecified atom stereocenters. The highest BCUT2D eigenvalue weighted by Crippen LogP contribution is 2.34. The first-order valence-corrected chi connectivity index (χ1v) is 8.98. The van der Waals surface area contributed by atoms with Crippen LogP contribution in [0.1, 0.15) is 28.7 Å². The van der Waals surface area contributed by atoms with E-state index in [-0.39, 0.29) is 0 Å². The number of fused-ring (bicyclic) bond motifs is 1. The highest BCUT2D eigenvalue weighted by Gasteiger charge is 2.15. The molecule has 1 aliphatic carbocycles. The van der Waals surface area contributed by atoms with Crippen molar-refractivity contribution in [3.63, 3.8) is 0 Å². The topological polar surface area (TPSA) is 18.5 Å². The Morgan fingerprint density at radius 1 is 0.846 bits per heavy atom. The predicted molar refractivity (Wildman–Crippen MR) is 106 cm³/mol. The third-order valence-electron chi connectivity index (χ3n) is 4.78. The van der Waals surface area contributed by atoms with Gasteiger partial charge in [0.1, 0.15) is 18.1 Å². The first-order chi connectivity index (χ1) is 12.8. The first-order valence-electron chi connectivity index (χ1n) is 8.98. The minimum Gasteiger partial charge on any atom is -0.497 e. The van der Waals surface area contributed by atoms with Crippen LogP contribution >= 0.6 is 0 Å². The van der Waals surface area contributed by atoms with Crippen molar-refractivity contribution in [2.24, 2.45) is 0 Å². The second kappa shape index (κ2) is 7.49. The second-order valence-electron chi connectivity index (χ2n) is 6.48. The number of hydrogen-bond acceptors (Lipinski definition) is 2. The summed E-state index contributed by atoms with van der Waals surface area (Å²) in [6, 6.07) is 25.0. The molecule has 3 aromatic rings. The smallest absolute Gasteiger partial charge is 0.119 e. The predicted octanol–water partition coefficient (Wildman–Crippen LogP) is 5.65. The van der Waals surface area contributed by atoms with E-state index in [1.165, 1.54) is 27.8 Å². The van der Waals surface area contributed by atoms with Gasteiger partial charge in [0, 0.05) is 0 Å². The van der Waals surface area contributed by atoms with Crippen molar-refractivity contribution in [1.82, 2.24) is 0 Å². The molecule has 0 atom stereocenters. The summed E-state index contributed by atoms with van der Waals surface area (Å²) in [5, 5.41) is 0. The molecule has 4 rings (SSSR count). The molecule has 2 heteroatoms. The Labute approximate surface area is 154 Å². The molecule has 26 heavy (non-hydrogen) atoms. The molecule has 0 aromatic heterocycles. The fourth-order valence-corrected chi connectivity index (χ4v) is 3.39. The van der Waals surface area contributed by atoms with Crippen LogP contribution in [0.5, 0.6) is 11.5 Å². The molecule has 0 N–H and O–H groups in total. The molecule has 3 aromatic carbocycles. The lowest BCUT2D eigenvalue weighted by atomic mass is 9.87. The third kappa shape index (κ3) is 3.50. The summed E-state index contributed by atoms with van der Waals surface area (Å²) < 4.78 is 11.3. The monoisotopic (exact) mass is 342 g/mol. The Balaban J connectivity index is 1.51. The maximum absolute atomic E-state index is 5.90. The van der Waals surface area contributed by atoms with Gasteiger partial charge in [-0.2, -0.15) is 0 Å². The van der Waals surface area contributed by atoms with E-state index in [2.05, 4.69) is 54.6 Å². The quantitative estimate of drug-likeness (QED) is 0.596. The first kappa shape index (κ1) is 16.5. The Morgan fingerprint density at radius 2 is 1.62 bits per heavy atom. The Kier molecular flexibility index (Phi) is 4.74. The molecular weight excluding hydrogens is 320 g/mol. The van der Waals surface area contributed by atoms with Gasteiger partial charge >= 0.3 is 0 Å². The second-order valence-corrected chi connectivity index (χ2v) is 6.48. The van der Waals surface area contributed by atoms with E-state index in [0.717, 1.165) is 24.3 Å². The number of rotatable bonds is 5. The van der Waals surface area contributed by atoms with E-state index < -0.39 is 0 Å². The average molecular weight is 342 g/mol. The van der Waals surface area contributed by atoms with Gasteiger partial charge in [-0.3, -0.25) is 0 Å². The van der Waals surface area contributed by atoms with Crippen molar-refractivity contribution in [3.8, 4) is 11.5 Å². The van der Waals surface area contributed by atoms with Gasteiger partial charge in [-0.05, 0) is 64.9 Å². The van der Waals surface area contributed by atoms with Gasteiger partial charge < -0.3 is 9.47 Å². The highest BCUT2D eigenvalue weighted by atomic mass is 16.5. The molecule has 1 aliphatic rings. The Morgan fingerprint density at radius 3 is 2.38 bits per heavy atom. The summed E-state index contributed by atoms with van der Waals surface area (Å²) in [5.41, 5.74) is 6.35. The summed E-state index contributed by atoms with van der Waals surface area (Å²) in [6.07, 6.45) is 4.45. The lowest BCUT2D eigenvalue weighted by Crippen LogP contribution is -2.02. The lowest BCUT2D eigenvalue weighted by molar-refractivity contribution is 0.306. The Bertz CT molecular complexity index is 909. The molecular formula is C24H22O2. The number of ether oxygens (including phenoxy) is 2. The van der Waals surface area contributed by atoms with Crippen LogP contribution in [0.25, 0.3) is 5.57 Å². The molecule has 0 aliphatic heterocycles. The van der Waals surface area contributed by atoms with Crippen molar-refractivity contribution in [2.75, 3.05) is 7.11 Å². The zero-order valence-electron chi connectivity index (χ0n) is 14.9. The van der Waals surface area contributed by atoms with Gasteiger partial charge in [0.25, 0.3) is 0 Å². The Hall–Kier alpha value is -3.00. The van der Waals surface area contributed by atoms with Gasteiger partial charge in [-0.1, -0.05) is 54.6 Å². The summed E-state index contributed by atoms with van der Waals surface area (Å²) in [4.78, 5) is 0. The standard InChI is InChI=1S/C24H22O2/c1-25-22-14-15-24-20(16-22)8-5-9-23(24)19-10-12-21(13-11-19)26-17-18-6-3-2-4-7-18/h2-4,6-7,9-16H,5,8,17H2,1H3. The molecule has 0 radical (unpaired) electrons. The minimum absolute atomic E-state index is 0.589. The molecule has 0 saturated carbocycles. The van der Waals surface area contributed by atoms with Crippen LogP contribution in [0.3, 0.4) is 0 Å². The van der Waals surface area contributed by atoms with Crippen LogP contribution < -0.4 is 9.47 Å². The fourth-order valence-electron chi connectivity index (χ4n) is 3.39. The summed E-state index contributed by atoms with van der Waals surface area (Å²) >= 11 is 0. The molecule has 0 amide bonds. The average Bonchev–Trinajstić information content (AvgIpc) is 2.72. The van der Waals surface area contributed by atoms with Crippen molar-refractivity contribution < 1.29 is 9.47 Å². The van der Waals surface area contributed by atoms with Crippen LogP contribution in [0.15, 0.2) is 78.9 Å². The number of allylic oxidation sites excluding steroid dienone is 1. The van der Waals surface area contributed by atoms with E-state index in [9.17, 15) is 0 Å². The largest absolute Gasteiger partial charge is 0.497 e. The summed E-state index contributed by atoms with van der Waals surface area (Å²) in [7, 11) is 1.72. The van der Waals surface area contributed by atoms with E-state index in [1.807, 2.05) is 24.3 Å². The molecule has 130 valence electrons. The third-order valence-corrected chi connectivity index (χ3v) is 4.78. The molecule has 2 nitrogen and oxygen atoms in total. The summed E-state index contributed by atoms with van der Waals surface area (Å²) in [5.74, 6) is 1.82. The van der Waals surface area contributed by atoms with Gasteiger partial charge in [0.05, 0.1) is 7.11 Å². The summed E-state index contributed by atoms with van der Waals surface area (Å²) in [6.45, 7) is 0.589. The molecule has 0 heterocycles. The highest BCUT2D eigenvalue weighted by molar-refractivity contribution is 5.83. The van der Waals surface area contributed by atoms with Gasteiger partial charge in [-0.25, -0.2) is 0 Å². The van der Waals surface area contributed by atoms with E-state index in [0.29, 0.717) is 6.61 Å². The van der Waals surface area contributed by atoms with Gasteiger partial charge in [0.15, 0.2) is 0 Å². The van der Waals surface area contributed by atoms with Gasteiger partial charge in [0.2, 0.25) is 0 Å². The van der Waals surface area contributed by atoms with E-state index in [1.54, 1.807) is 7.11 Å². The van der Waals surface area contributed by atoms with Gasteiger partial charge in [-0.15, -0.1) is 0 Å². The molecule has 0 bridgehead atoms. The van der Waals surface area contributed by atoms with Crippen LogP contribution in [-0.2, 0) is 13.0 Å². The van der Waals surface area contributed by atoms with Crippen LogP contribution in [0, 0.1) is 0 Å². The number of hydrogen-bond donors (Lipinski definition) is 0. The number of aryl methyl sites for hydroxylation is 1. The van der Waals surface area contributed by atoms with Crippen LogP contribution in [0.2, 0.25) is 0 Å². The zero-order chi connectivity index (χ0) is 17.8. The fraction of sp³-hybridized carbons (Fsp3) is 0.167. The van der Waals surface area contributed by atoms with Crippen LogP contribution in [0.4, 0.5) is 0 Å². The molecule has 0 fully saturated rings. The maximum Gasteiger partial charge on any atom is 0.119 e. The maximum atomic E-state index is 5.90. The number of benzene rings is 3. The van der Waals surface area contributed by atoms with Crippen LogP contribution in [-0.4, -0.2) is 7.11 Å². The SMILES string of the molecule is COc1ccc2c(c1)CCC=C2c1ccc(OCc2ccccc2)cc1. The zero-order valence-corrected chi connectivity index (χ0v) is 14.9. The molecule has 0 spiro atoms. The normalized spacial score (nSPS) is 12.9. The lowest BCUT2D eigenvalue weighted by Gasteiger charge is -2.19. The van der Waals surface area contributed by atoms with Crippen molar-refractivity contribution in [2.45, 2.75) is 19.4 Å². The number of methoxy groups -OCH3 is 1. The van der Waals surface area contributed by atoms with Crippen molar-refractivity contribution in [3.05, 3.63) is 101 Å². The van der Waals surface area contributed by atoms with Crippen molar-refractivity contribution in [1.29, 1.82) is 0 Å².